The minimum absolute atomic E-state index is 0.124. The lowest BCUT2D eigenvalue weighted by Crippen LogP contribution is -1.95. The highest BCUT2D eigenvalue weighted by Gasteiger charge is 2.19. The molecule has 0 saturated carbocycles. The topological polar surface area (TPSA) is 63.4 Å². The van der Waals surface area contributed by atoms with E-state index < -0.39 is 28.1 Å². The first-order chi connectivity index (χ1) is 8.90. The van der Waals surface area contributed by atoms with E-state index in [2.05, 4.69) is 0 Å². The highest BCUT2D eigenvalue weighted by molar-refractivity contribution is 5.74. The molecule has 4 nitrogen and oxygen atoms in total. The Kier molecular flexibility index (Phi) is 3.12. The lowest BCUT2D eigenvalue weighted by atomic mass is 10.0. The van der Waals surface area contributed by atoms with Crippen molar-refractivity contribution in [3.63, 3.8) is 0 Å². The van der Waals surface area contributed by atoms with Gasteiger partial charge in [-0.25, -0.2) is 13.2 Å². The zero-order chi connectivity index (χ0) is 14.2. The van der Waals surface area contributed by atoms with Gasteiger partial charge >= 0.3 is 0 Å². The van der Waals surface area contributed by atoms with Gasteiger partial charge in [-0.2, -0.15) is 0 Å². The number of aromatic hydroxyl groups is 1. The Hall–Kier alpha value is -2.57. The summed E-state index contributed by atoms with van der Waals surface area (Å²) in [5, 5.41) is 20.0. The Labute approximate surface area is 104 Å². The Balaban J connectivity index is 2.68. The summed E-state index contributed by atoms with van der Waals surface area (Å²) in [4.78, 5) is 10.0. The summed E-state index contributed by atoms with van der Waals surface area (Å²) in [6.45, 7) is 0. The lowest BCUT2D eigenvalue weighted by Gasteiger charge is -2.05. The molecule has 19 heavy (non-hydrogen) atoms. The van der Waals surface area contributed by atoms with Crippen LogP contribution >= 0.6 is 0 Å². The first-order valence-electron chi connectivity index (χ1n) is 5.02. The molecule has 0 fully saturated rings. The van der Waals surface area contributed by atoms with Gasteiger partial charge in [-0.1, -0.05) is 0 Å². The molecule has 2 aromatic rings. The first-order valence-corrected chi connectivity index (χ1v) is 5.02. The number of hydrogen-bond donors (Lipinski definition) is 1. The van der Waals surface area contributed by atoms with Gasteiger partial charge in [-0.15, -0.1) is 0 Å². The van der Waals surface area contributed by atoms with Gasteiger partial charge < -0.3 is 5.11 Å². The predicted octanol–water partition coefficient (Wildman–Crippen LogP) is 3.38. The number of rotatable bonds is 2. The van der Waals surface area contributed by atoms with E-state index in [1.165, 1.54) is 0 Å². The lowest BCUT2D eigenvalue weighted by molar-refractivity contribution is -0.384. The number of phenols is 1. The second kappa shape index (κ2) is 4.60. The summed E-state index contributed by atoms with van der Waals surface area (Å²) in [7, 11) is 0. The Morgan fingerprint density at radius 3 is 2.16 bits per heavy atom. The summed E-state index contributed by atoms with van der Waals surface area (Å²) >= 11 is 0. The number of phenolic OH excluding ortho intramolecular Hbond substituents is 1. The van der Waals surface area contributed by atoms with Gasteiger partial charge in [0.15, 0.2) is 17.5 Å². The van der Waals surface area contributed by atoms with Crippen molar-refractivity contribution >= 4 is 5.69 Å². The number of nitro benzene ring substituents is 1. The monoisotopic (exact) mass is 269 g/mol. The molecule has 7 heteroatoms. The molecule has 2 rings (SSSR count). The summed E-state index contributed by atoms with van der Waals surface area (Å²) in [5.74, 6) is -4.90. The first kappa shape index (κ1) is 12.9. The highest BCUT2D eigenvalue weighted by atomic mass is 19.2. The standard InChI is InChI=1S/C12H6F3NO3/c13-9-3-6(4-10(14)12(9)15)8-2-1-7(17)5-11(8)16(18)19/h1-5,17H. The number of halogens is 3. The minimum Gasteiger partial charge on any atom is -0.508 e. The van der Waals surface area contributed by atoms with E-state index in [0.29, 0.717) is 12.1 Å². The van der Waals surface area contributed by atoms with Gasteiger partial charge in [0, 0.05) is 0 Å². The molecule has 0 atom stereocenters. The molecule has 0 spiro atoms. The van der Waals surface area contributed by atoms with Gasteiger partial charge in [0.2, 0.25) is 0 Å². The van der Waals surface area contributed by atoms with Gasteiger partial charge in [0.1, 0.15) is 5.75 Å². The van der Waals surface area contributed by atoms with Crippen LogP contribution in [0.2, 0.25) is 0 Å². The van der Waals surface area contributed by atoms with Crippen LogP contribution in [-0.4, -0.2) is 10.0 Å². The molecular weight excluding hydrogens is 263 g/mol. The average Bonchev–Trinajstić information content (AvgIpc) is 2.35. The van der Waals surface area contributed by atoms with E-state index in [1.807, 2.05) is 0 Å². The Morgan fingerprint density at radius 1 is 1.05 bits per heavy atom. The van der Waals surface area contributed by atoms with Crippen molar-refractivity contribution in [1.29, 1.82) is 0 Å². The second-order valence-corrected chi connectivity index (χ2v) is 3.71. The molecule has 0 radical (unpaired) electrons. The normalized spacial score (nSPS) is 10.5. The average molecular weight is 269 g/mol. The summed E-state index contributed by atoms with van der Waals surface area (Å²) in [5.41, 5.74) is -0.853. The van der Waals surface area contributed by atoms with Crippen LogP contribution in [0.3, 0.4) is 0 Å². The van der Waals surface area contributed by atoms with Crippen molar-refractivity contribution < 1.29 is 23.2 Å². The van der Waals surface area contributed by atoms with Crippen LogP contribution in [0.4, 0.5) is 18.9 Å². The van der Waals surface area contributed by atoms with Crippen LogP contribution in [0.5, 0.6) is 5.75 Å². The molecule has 0 aliphatic rings. The molecule has 98 valence electrons. The Bertz CT molecular complexity index is 650. The van der Waals surface area contributed by atoms with E-state index in [4.69, 9.17) is 0 Å². The molecule has 2 aromatic carbocycles. The largest absolute Gasteiger partial charge is 0.508 e. The van der Waals surface area contributed by atoms with Gasteiger partial charge in [-0.3, -0.25) is 10.1 Å². The maximum absolute atomic E-state index is 13.1. The van der Waals surface area contributed by atoms with Gasteiger partial charge in [0.05, 0.1) is 16.6 Å². The molecule has 0 aromatic heterocycles. The molecule has 0 aliphatic heterocycles. The van der Waals surface area contributed by atoms with Crippen molar-refractivity contribution in [2.24, 2.45) is 0 Å². The molecule has 0 amide bonds. The fourth-order valence-electron chi connectivity index (χ4n) is 1.63. The maximum Gasteiger partial charge on any atom is 0.280 e. The van der Waals surface area contributed by atoms with Crippen molar-refractivity contribution in [3.8, 4) is 16.9 Å². The third-order valence-electron chi connectivity index (χ3n) is 2.47. The quantitative estimate of drug-likeness (QED) is 0.516. The molecule has 0 saturated heterocycles. The Morgan fingerprint density at radius 2 is 1.63 bits per heavy atom. The number of benzene rings is 2. The van der Waals surface area contributed by atoms with E-state index >= 15 is 0 Å². The van der Waals surface area contributed by atoms with Gasteiger partial charge in [0.25, 0.3) is 5.69 Å². The van der Waals surface area contributed by atoms with E-state index in [9.17, 15) is 28.4 Å². The molecule has 1 N–H and O–H groups in total. The van der Waals surface area contributed by atoms with Gasteiger partial charge in [-0.05, 0) is 29.8 Å². The van der Waals surface area contributed by atoms with E-state index in [1.54, 1.807) is 0 Å². The smallest absolute Gasteiger partial charge is 0.280 e. The van der Waals surface area contributed by atoms with E-state index in [0.717, 1.165) is 18.2 Å². The molecular formula is C12H6F3NO3. The second-order valence-electron chi connectivity index (χ2n) is 3.71. The van der Waals surface area contributed by atoms with Crippen LogP contribution < -0.4 is 0 Å². The van der Waals surface area contributed by atoms with Crippen molar-refractivity contribution in [2.75, 3.05) is 0 Å². The zero-order valence-corrected chi connectivity index (χ0v) is 9.23. The number of nitro groups is 1. The summed E-state index contributed by atoms with van der Waals surface area (Å²) < 4.78 is 39.0. The van der Waals surface area contributed by atoms with Crippen LogP contribution in [0, 0.1) is 27.6 Å². The van der Waals surface area contributed by atoms with Crippen LogP contribution in [0.25, 0.3) is 11.1 Å². The molecule has 0 unspecified atom stereocenters. The minimum atomic E-state index is -1.65. The van der Waals surface area contributed by atoms with Crippen molar-refractivity contribution in [1.82, 2.24) is 0 Å². The third kappa shape index (κ3) is 2.35. The maximum atomic E-state index is 13.1. The number of hydrogen-bond acceptors (Lipinski definition) is 3. The fourth-order valence-corrected chi connectivity index (χ4v) is 1.63. The predicted molar refractivity (Wildman–Crippen MR) is 60.1 cm³/mol. The molecule has 0 aliphatic carbocycles. The summed E-state index contributed by atoms with van der Waals surface area (Å²) in [6, 6.07) is 4.39. The highest BCUT2D eigenvalue weighted by Crippen LogP contribution is 2.33. The SMILES string of the molecule is O=[N+]([O-])c1cc(O)ccc1-c1cc(F)c(F)c(F)c1. The van der Waals surface area contributed by atoms with Crippen molar-refractivity contribution in [3.05, 3.63) is 57.9 Å². The molecule has 0 bridgehead atoms. The molecule has 0 heterocycles. The van der Waals surface area contributed by atoms with Crippen molar-refractivity contribution in [2.45, 2.75) is 0 Å². The fraction of sp³-hybridized carbons (Fsp3) is 0. The van der Waals surface area contributed by atoms with Crippen LogP contribution in [-0.2, 0) is 0 Å². The van der Waals surface area contributed by atoms with E-state index in [-0.39, 0.29) is 16.9 Å². The van der Waals surface area contributed by atoms with Crippen LogP contribution in [0.1, 0.15) is 0 Å². The number of nitrogens with zero attached hydrogens (tertiary/aromatic N) is 1. The third-order valence-corrected chi connectivity index (χ3v) is 2.47. The summed E-state index contributed by atoms with van der Waals surface area (Å²) in [6.07, 6.45) is 0. The zero-order valence-electron chi connectivity index (χ0n) is 9.23. The van der Waals surface area contributed by atoms with Crippen LogP contribution in [0.15, 0.2) is 30.3 Å².